The van der Waals surface area contributed by atoms with Gasteiger partial charge in [-0.2, -0.15) is 0 Å². The molecule has 2 rings (SSSR count). The van der Waals surface area contributed by atoms with Gasteiger partial charge in [-0.1, -0.05) is 12.1 Å². The van der Waals surface area contributed by atoms with E-state index in [1.807, 2.05) is 24.3 Å². The van der Waals surface area contributed by atoms with E-state index in [4.69, 9.17) is 9.47 Å². The second-order valence-corrected chi connectivity index (χ2v) is 4.55. The summed E-state index contributed by atoms with van der Waals surface area (Å²) in [5, 5.41) is 0. The average molecular weight is 248 g/mol. The maximum atomic E-state index is 11.8. The molecule has 0 saturated carbocycles. The Hall–Kier alpha value is -1.84. The molecule has 96 valence electrons. The van der Waals surface area contributed by atoms with E-state index < -0.39 is 11.4 Å². The summed E-state index contributed by atoms with van der Waals surface area (Å²) in [5.41, 5.74) is -0.0564. The molecule has 0 aromatic heterocycles. The Morgan fingerprint density at radius 3 is 2.50 bits per heavy atom. The van der Waals surface area contributed by atoms with Gasteiger partial charge in [0.2, 0.25) is 0 Å². The van der Waals surface area contributed by atoms with Crippen molar-refractivity contribution < 1.29 is 19.1 Å². The number of Topliss-reactive ketones (excluding diaryl/α,β-unsaturated/α-hetero) is 1. The molecule has 0 radical (unpaired) electrons. The highest BCUT2D eigenvalue weighted by atomic mass is 16.5. The number of benzene rings is 1. The van der Waals surface area contributed by atoms with Crippen molar-refractivity contribution in [1.29, 1.82) is 0 Å². The van der Waals surface area contributed by atoms with Crippen molar-refractivity contribution in [3.05, 3.63) is 29.8 Å². The Morgan fingerprint density at radius 2 is 2.06 bits per heavy atom. The molecule has 4 nitrogen and oxygen atoms in total. The van der Waals surface area contributed by atoms with E-state index >= 15 is 0 Å². The standard InChI is InChI=1S/C14H16O4/c1-10(15)14(7-8-18-13(14)16)9-11-3-5-12(17-2)6-4-11/h3-6H,7-9H2,1-2H3. The topological polar surface area (TPSA) is 52.6 Å². The highest BCUT2D eigenvalue weighted by Gasteiger charge is 2.48. The van der Waals surface area contributed by atoms with E-state index in [0.29, 0.717) is 19.4 Å². The van der Waals surface area contributed by atoms with Crippen LogP contribution in [0, 0.1) is 5.41 Å². The molecule has 1 fully saturated rings. The predicted octanol–water partition coefficient (Wildman–Crippen LogP) is 1.76. The quantitative estimate of drug-likeness (QED) is 0.602. The molecule has 1 heterocycles. The summed E-state index contributed by atoms with van der Waals surface area (Å²) in [5.74, 6) is 0.233. The second-order valence-electron chi connectivity index (χ2n) is 4.55. The van der Waals surface area contributed by atoms with Gasteiger partial charge in [0.1, 0.15) is 16.9 Å². The molecule has 1 saturated heterocycles. The third kappa shape index (κ3) is 2.10. The number of methoxy groups -OCH3 is 1. The van der Waals surface area contributed by atoms with Gasteiger partial charge < -0.3 is 9.47 Å². The molecule has 0 bridgehead atoms. The molecule has 0 N–H and O–H groups in total. The molecule has 1 aliphatic heterocycles. The molecular weight excluding hydrogens is 232 g/mol. The van der Waals surface area contributed by atoms with E-state index in [-0.39, 0.29) is 5.78 Å². The Kier molecular flexibility index (Phi) is 3.36. The van der Waals surface area contributed by atoms with E-state index in [1.165, 1.54) is 6.92 Å². The smallest absolute Gasteiger partial charge is 0.320 e. The van der Waals surface area contributed by atoms with Crippen LogP contribution in [-0.2, 0) is 20.7 Å². The molecule has 1 aliphatic rings. The van der Waals surface area contributed by atoms with E-state index in [0.717, 1.165) is 11.3 Å². The highest BCUT2D eigenvalue weighted by Crippen LogP contribution is 2.35. The first kappa shape index (κ1) is 12.6. The maximum absolute atomic E-state index is 11.8. The van der Waals surface area contributed by atoms with Crippen molar-refractivity contribution in [2.75, 3.05) is 13.7 Å². The van der Waals surface area contributed by atoms with Crippen LogP contribution >= 0.6 is 0 Å². The van der Waals surface area contributed by atoms with Crippen molar-refractivity contribution in [2.45, 2.75) is 19.8 Å². The number of ether oxygens (including phenoxy) is 2. The van der Waals surface area contributed by atoms with Crippen molar-refractivity contribution in [3.63, 3.8) is 0 Å². The maximum Gasteiger partial charge on any atom is 0.320 e. The number of carbonyl (C=O) groups is 2. The average Bonchev–Trinajstić information content (AvgIpc) is 2.73. The highest BCUT2D eigenvalue weighted by molar-refractivity contribution is 6.04. The van der Waals surface area contributed by atoms with Crippen LogP contribution in [-0.4, -0.2) is 25.5 Å². The minimum atomic E-state index is -0.991. The van der Waals surface area contributed by atoms with Crippen LogP contribution < -0.4 is 4.74 Å². The van der Waals surface area contributed by atoms with Gasteiger partial charge in [0, 0.05) is 6.42 Å². The molecule has 0 amide bonds. The van der Waals surface area contributed by atoms with Crippen molar-refractivity contribution >= 4 is 11.8 Å². The normalized spacial score (nSPS) is 22.7. The molecule has 18 heavy (non-hydrogen) atoms. The summed E-state index contributed by atoms with van der Waals surface area (Å²) in [6.45, 7) is 1.78. The van der Waals surface area contributed by atoms with Crippen LogP contribution in [0.25, 0.3) is 0 Å². The summed E-state index contributed by atoms with van der Waals surface area (Å²) in [6, 6.07) is 7.39. The summed E-state index contributed by atoms with van der Waals surface area (Å²) < 4.78 is 10.0. The largest absolute Gasteiger partial charge is 0.497 e. The predicted molar refractivity (Wildman–Crippen MR) is 65.4 cm³/mol. The fourth-order valence-corrected chi connectivity index (χ4v) is 2.25. The summed E-state index contributed by atoms with van der Waals surface area (Å²) in [4.78, 5) is 23.6. The third-order valence-corrected chi connectivity index (χ3v) is 3.49. The van der Waals surface area contributed by atoms with Gasteiger partial charge in [-0.15, -0.1) is 0 Å². The number of rotatable bonds is 4. The molecule has 1 unspecified atom stereocenters. The summed E-state index contributed by atoms with van der Waals surface area (Å²) in [6.07, 6.45) is 0.859. The second kappa shape index (κ2) is 4.80. The van der Waals surface area contributed by atoms with Crippen LogP contribution in [0.2, 0.25) is 0 Å². The van der Waals surface area contributed by atoms with Gasteiger partial charge in [-0.05, 0) is 31.0 Å². The van der Waals surface area contributed by atoms with E-state index in [2.05, 4.69) is 0 Å². The first-order valence-electron chi connectivity index (χ1n) is 5.90. The van der Waals surface area contributed by atoms with E-state index in [1.54, 1.807) is 7.11 Å². The lowest BCUT2D eigenvalue weighted by Gasteiger charge is -2.21. The van der Waals surface area contributed by atoms with Crippen LogP contribution in [0.1, 0.15) is 18.9 Å². The molecule has 1 aromatic rings. The fraction of sp³-hybridized carbons (Fsp3) is 0.429. The minimum absolute atomic E-state index is 0.124. The van der Waals surface area contributed by atoms with Gasteiger partial charge in [-0.25, -0.2) is 0 Å². The van der Waals surface area contributed by atoms with Crippen molar-refractivity contribution in [3.8, 4) is 5.75 Å². The van der Waals surface area contributed by atoms with Crippen LogP contribution in [0.5, 0.6) is 5.75 Å². The lowest BCUT2D eigenvalue weighted by atomic mass is 9.77. The van der Waals surface area contributed by atoms with Crippen molar-refractivity contribution in [1.82, 2.24) is 0 Å². The van der Waals surface area contributed by atoms with Crippen LogP contribution in [0.3, 0.4) is 0 Å². The Labute approximate surface area is 106 Å². The number of esters is 1. The number of ketones is 1. The fourth-order valence-electron chi connectivity index (χ4n) is 2.25. The van der Waals surface area contributed by atoms with Gasteiger partial charge in [0.05, 0.1) is 13.7 Å². The lowest BCUT2D eigenvalue weighted by molar-refractivity contribution is -0.150. The molecule has 1 aromatic carbocycles. The van der Waals surface area contributed by atoms with Crippen LogP contribution in [0.15, 0.2) is 24.3 Å². The molecule has 0 spiro atoms. The van der Waals surface area contributed by atoms with Gasteiger partial charge >= 0.3 is 5.97 Å². The zero-order valence-electron chi connectivity index (χ0n) is 10.6. The Morgan fingerprint density at radius 1 is 1.39 bits per heavy atom. The number of hydrogen-bond donors (Lipinski definition) is 0. The zero-order valence-corrected chi connectivity index (χ0v) is 10.6. The van der Waals surface area contributed by atoms with Gasteiger partial charge in [0.25, 0.3) is 0 Å². The lowest BCUT2D eigenvalue weighted by Crippen LogP contribution is -2.36. The first-order valence-corrected chi connectivity index (χ1v) is 5.90. The SMILES string of the molecule is COc1ccc(CC2(C(C)=O)CCOC2=O)cc1. The Bertz CT molecular complexity index is 463. The Balaban J connectivity index is 2.24. The summed E-state index contributed by atoms with van der Waals surface area (Å²) >= 11 is 0. The first-order chi connectivity index (χ1) is 8.58. The third-order valence-electron chi connectivity index (χ3n) is 3.49. The minimum Gasteiger partial charge on any atom is -0.497 e. The van der Waals surface area contributed by atoms with E-state index in [9.17, 15) is 9.59 Å². The van der Waals surface area contributed by atoms with Gasteiger partial charge in [-0.3, -0.25) is 9.59 Å². The summed E-state index contributed by atoms with van der Waals surface area (Å²) in [7, 11) is 1.60. The number of hydrogen-bond acceptors (Lipinski definition) is 4. The van der Waals surface area contributed by atoms with Crippen molar-refractivity contribution in [2.24, 2.45) is 5.41 Å². The molecule has 1 atom stereocenters. The molecule has 4 heteroatoms. The van der Waals surface area contributed by atoms with Gasteiger partial charge in [0.15, 0.2) is 0 Å². The molecule has 0 aliphatic carbocycles. The number of carbonyl (C=O) groups excluding carboxylic acids is 2. The van der Waals surface area contributed by atoms with Crippen LogP contribution in [0.4, 0.5) is 0 Å². The molecular formula is C14H16O4. The monoisotopic (exact) mass is 248 g/mol. The zero-order chi connectivity index (χ0) is 13.2. The number of cyclic esters (lactones) is 1.